The molecule has 1 aliphatic rings. The summed E-state index contributed by atoms with van der Waals surface area (Å²) >= 11 is 0. The van der Waals surface area contributed by atoms with Gasteiger partial charge in [0.05, 0.1) is 19.6 Å². The predicted molar refractivity (Wildman–Crippen MR) is 101 cm³/mol. The number of amides is 2. The number of hydrogen-bond donors (Lipinski definition) is 1. The van der Waals surface area contributed by atoms with Crippen LogP contribution in [0, 0.1) is 0 Å². The zero-order valence-corrected chi connectivity index (χ0v) is 15.2. The molecule has 3 rings (SSSR count). The minimum absolute atomic E-state index is 0.0382. The number of nitrogens with zero attached hydrogens (tertiary/aromatic N) is 1. The third-order valence-corrected chi connectivity index (χ3v) is 4.60. The lowest BCUT2D eigenvalue weighted by atomic mass is 10.0. The van der Waals surface area contributed by atoms with Gasteiger partial charge in [0.2, 0.25) is 5.91 Å². The van der Waals surface area contributed by atoms with Crippen LogP contribution in [0.2, 0.25) is 0 Å². The molecule has 0 saturated carbocycles. The Labute approximate surface area is 158 Å². The van der Waals surface area contributed by atoms with E-state index in [1.807, 2.05) is 36.4 Å². The number of methoxy groups -OCH3 is 1. The number of anilines is 1. The minimum Gasteiger partial charge on any atom is -0.469 e. The zero-order valence-electron chi connectivity index (χ0n) is 15.2. The molecule has 1 aliphatic heterocycles. The van der Waals surface area contributed by atoms with Crippen molar-refractivity contribution in [2.75, 3.05) is 18.6 Å². The Hall–Kier alpha value is -3.15. The molecule has 1 fully saturated rings. The number of benzene rings is 2. The van der Waals surface area contributed by atoms with Crippen molar-refractivity contribution in [1.29, 1.82) is 0 Å². The van der Waals surface area contributed by atoms with Gasteiger partial charge in [0.15, 0.2) is 0 Å². The highest BCUT2D eigenvalue weighted by atomic mass is 16.5. The van der Waals surface area contributed by atoms with E-state index in [4.69, 9.17) is 4.74 Å². The lowest BCUT2D eigenvalue weighted by Gasteiger charge is -2.20. The number of hydrogen-bond acceptors (Lipinski definition) is 4. The van der Waals surface area contributed by atoms with Gasteiger partial charge in [-0.05, 0) is 30.2 Å². The van der Waals surface area contributed by atoms with Crippen LogP contribution in [0.25, 0.3) is 0 Å². The van der Waals surface area contributed by atoms with E-state index >= 15 is 0 Å². The Morgan fingerprint density at radius 3 is 2.59 bits per heavy atom. The van der Waals surface area contributed by atoms with Crippen molar-refractivity contribution < 1.29 is 19.1 Å². The third kappa shape index (κ3) is 4.53. The summed E-state index contributed by atoms with van der Waals surface area (Å²) in [6.45, 7) is 0.666. The van der Waals surface area contributed by atoms with Crippen molar-refractivity contribution in [3.63, 3.8) is 0 Å². The van der Waals surface area contributed by atoms with Gasteiger partial charge in [-0.2, -0.15) is 0 Å². The molecule has 6 heteroatoms. The minimum atomic E-state index is -0.497. The van der Waals surface area contributed by atoms with Crippen molar-refractivity contribution >= 4 is 23.5 Å². The SMILES string of the molecule is COC(=O)CC(NC(=O)c1cccc(N2CCCC2=O)c1)c1ccccc1. The van der Waals surface area contributed by atoms with Gasteiger partial charge < -0.3 is 15.0 Å². The van der Waals surface area contributed by atoms with E-state index in [0.29, 0.717) is 18.5 Å². The van der Waals surface area contributed by atoms with E-state index in [0.717, 1.165) is 17.7 Å². The second-order valence-electron chi connectivity index (χ2n) is 6.42. The maximum absolute atomic E-state index is 12.8. The van der Waals surface area contributed by atoms with Crippen LogP contribution in [0.5, 0.6) is 0 Å². The van der Waals surface area contributed by atoms with Crippen LogP contribution in [-0.4, -0.2) is 31.4 Å². The van der Waals surface area contributed by atoms with Crippen molar-refractivity contribution in [2.45, 2.75) is 25.3 Å². The molecule has 1 N–H and O–H groups in total. The normalized spacial score (nSPS) is 14.7. The van der Waals surface area contributed by atoms with E-state index in [9.17, 15) is 14.4 Å². The standard InChI is InChI=1S/C21H22N2O4/c1-27-20(25)14-18(15-7-3-2-4-8-15)22-21(26)16-9-5-10-17(13-16)23-12-6-11-19(23)24/h2-5,7-10,13,18H,6,11-12,14H2,1H3,(H,22,26). The van der Waals surface area contributed by atoms with E-state index < -0.39 is 12.0 Å². The molecule has 2 aromatic rings. The zero-order chi connectivity index (χ0) is 19.2. The third-order valence-electron chi connectivity index (χ3n) is 4.60. The summed E-state index contributed by atoms with van der Waals surface area (Å²) in [5, 5.41) is 2.90. The summed E-state index contributed by atoms with van der Waals surface area (Å²) in [6, 6.07) is 15.8. The summed E-state index contributed by atoms with van der Waals surface area (Å²) in [7, 11) is 1.32. The fourth-order valence-electron chi connectivity index (χ4n) is 3.17. The van der Waals surface area contributed by atoms with Crippen LogP contribution in [0.1, 0.15) is 41.2 Å². The molecule has 2 amide bonds. The molecule has 0 aliphatic carbocycles. The van der Waals surface area contributed by atoms with E-state index in [1.165, 1.54) is 7.11 Å². The second kappa shape index (κ2) is 8.49. The number of carbonyl (C=O) groups is 3. The molecule has 27 heavy (non-hydrogen) atoms. The molecule has 140 valence electrons. The molecule has 6 nitrogen and oxygen atoms in total. The highest BCUT2D eigenvalue weighted by Crippen LogP contribution is 2.23. The summed E-state index contributed by atoms with van der Waals surface area (Å²) in [4.78, 5) is 38.2. The Balaban J connectivity index is 1.79. The lowest BCUT2D eigenvalue weighted by molar-refractivity contribution is -0.141. The van der Waals surface area contributed by atoms with Crippen molar-refractivity contribution in [3.8, 4) is 0 Å². The topological polar surface area (TPSA) is 75.7 Å². The van der Waals surface area contributed by atoms with Gasteiger partial charge in [-0.15, -0.1) is 0 Å². The fourth-order valence-corrected chi connectivity index (χ4v) is 3.17. The average molecular weight is 366 g/mol. The van der Waals surface area contributed by atoms with Crippen LogP contribution >= 0.6 is 0 Å². The highest BCUT2D eigenvalue weighted by molar-refractivity contribution is 5.99. The predicted octanol–water partition coefficient (Wildman–Crippen LogP) is 2.85. The van der Waals surface area contributed by atoms with Gasteiger partial charge in [0, 0.05) is 24.2 Å². The lowest BCUT2D eigenvalue weighted by Crippen LogP contribution is -2.31. The quantitative estimate of drug-likeness (QED) is 0.798. The first-order valence-corrected chi connectivity index (χ1v) is 8.91. The van der Waals surface area contributed by atoms with Gasteiger partial charge in [-0.3, -0.25) is 14.4 Å². The highest BCUT2D eigenvalue weighted by Gasteiger charge is 2.23. The molecule has 1 atom stereocenters. The van der Waals surface area contributed by atoms with Crippen molar-refractivity contribution in [3.05, 3.63) is 65.7 Å². The van der Waals surface area contributed by atoms with Crippen LogP contribution in [0.15, 0.2) is 54.6 Å². The summed E-state index contributed by atoms with van der Waals surface area (Å²) in [5.41, 5.74) is 1.98. The molecule has 0 spiro atoms. The maximum atomic E-state index is 12.8. The summed E-state index contributed by atoms with van der Waals surface area (Å²) < 4.78 is 4.75. The fraction of sp³-hybridized carbons (Fsp3) is 0.286. The van der Waals surface area contributed by atoms with E-state index in [2.05, 4.69) is 5.32 Å². The largest absolute Gasteiger partial charge is 0.469 e. The molecule has 1 saturated heterocycles. The van der Waals surface area contributed by atoms with Crippen LogP contribution in [-0.2, 0) is 14.3 Å². The Morgan fingerprint density at radius 1 is 1.15 bits per heavy atom. The monoisotopic (exact) mass is 366 g/mol. The number of esters is 1. The van der Waals surface area contributed by atoms with Crippen LogP contribution in [0.4, 0.5) is 5.69 Å². The van der Waals surface area contributed by atoms with Crippen molar-refractivity contribution in [1.82, 2.24) is 5.32 Å². The van der Waals surface area contributed by atoms with Gasteiger partial charge in [0.1, 0.15) is 0 Å². The van der Waals surface area contributed by atoms with Gasteiger partial charge in [-0.25, -0.2) is 0 Å². The molecular formula is C21H22N2O4. The number of rotatable bonds is 6. The van der Waals surface area contributed by atoms with Gasteiger partial charge >= 0.3 is 5.97 Å². The Kier molecular flexibility index (Phi) is 5.86. The number of ether oxygens (including phenoxy) is 1. The first-order valence-electron chi connectivity index (χ1n) is 8.91. The van der Waals surface area contributed by atoms with E-state index in [-0.39, 0.29) is 18.2 Å². The number of nitrogens with one attached hydrogen (secondary N) is 1. The average Bonchev–Trinajstić information content (AvgIpc) is 3.14. The van der Waals surface area contributed by atoms with E-state index in [1.54, 1.807) is 23.1 Å². The smallest absolute Gasteiger partial charge is 0.307 e. The van der Waals surface area contributed by atoms with Gasteiger partial charge in [-0.1, -0.05) is 36.4 Å². The Bertz CT molecular complexity index is 835. The second-order valence-corrected chi connectivity index (χ2v) is 6.42. The molecule has 1 unspecified atom stereocenters. The van der Waals surface area contributed by atoms with Crippen molar-refractivity contribution in [2.24, 2.45) is 0 Å². The molecule has 2 aromatic carbocycles. The molecule has 0 bridgehead atoms. The molecule has 0 aromatic heterocycles. The molecule has 0 radical (unpaired) electrons. The summed E-state index contributed by atoms with van der Waals surface area (Å²) in [5.74, 6) is -0.637. The van der Waals surface area contributed by atoms with Crippen LogP contribution in [0.3, 0.4) is 0 Å². The first-order chi connectivity index (χ1) is 13.1. The number of carbonyl (C=O) groups excluding carboxylic acids is 3. The molecule has 1 heterocycles. The van der Waals surface area contributed by atoms with Gasteiger partial charge in [0.25, 0.3) is 5.91 Å². The Morgan fingerprint density at radius 2 is 1.93 bits per heavy atom. The van der Waals surface area contributed by atoms with Crippen LogP contribution < -0.4 is 10.2 Å². The maximum Gasteiger partial charge on any atom is 0.307 e. The first kappa shape index (κ1) is 18.6. The molecular weight excluding hydrogens is 344 g/mol. The summed E-state index contributed by atoms with van der Waals surface area (Å²) in [6.07, 6.45) is 1.40.